The molecule has 0 spiro atoms. The Morgan fingerprint density at radius 1 is 1.23 bits per heavy atom. The summed E-state index contributed by atoms with van der Waals surface area (Å²) in [6, 6.07) is 4.57. The monoisotopic (exact) mass is 429 g/mol. The minimum absolute atomic E-state index is 0.0134. The van der Waals surface area contributed by atoms with Gasteiger partial charge in [0, 0.05) is 49.2 Å². The van der Waals surface area contributed by atoms with Crippen LogP contribution in [0.5, 0.6) is 0 Å². The number of rotatable bonds is 7. The third kappa shape index (κ3) is 4.70. The lowest BCUT2D eigenvalue weighted by Gasteiger charge is -2.40. The summed E-state index contributed by atoms with van der Waals surface area (Å²) in [4.78, 5) is 14.6. The maximum Gasteiger partial charge on any atom is 0.225 e. The van der Waals surface area contributed by atoms with E-state index in [9.17, 15) is 13.9 Å². The van der Waals surface area contributed by atoms with Gasteiger partial charge < -0.3 is 15.3 Å². The maximum atomic E-state index is 14.7. The van der Waals surface area contributed by atoms with E-state index in [-0.39, 0.29) is 18.2 Å². The number of hydrogen-bond acceptors (Lipinski definition) is 7. The minimum atomic E-state index is -1.66. The fourth-order valence-electron chi connectivity index (χ4n) is 4.05. The first-order valence-corrected chi connectivity index (χ1v) is 10.2. The van der Waals surface area contributed by atoms with Crippen molar-refractivity contribution in [2.45, 2.75) is 44.0 Å². The predicted octanol–water partition coefficient (Wildman–Crippen LogP) is 1.88. The highest BCUT2D eigenvalue weighted by Crippen LogP contribution is 2.31. The van der Waals surface area contributed by atoms with Crippen LogP contribution in [0.2, 0.25) is 0 Å². The molecule has 164 valence electrons. The Morgan fingerprint density at radius 3 is 2.61 bits per heavy atom. The smallest absolute Gasteiger partial charge is 0.225 e. The second kappa shape index (κ2) is 9.03. The van der Waals surface area contributed by atoms with Crippen molar-refractivity contribution >= 4 is 5.95 Å². The van der Waals surface area contributed by atoms with Crippen LogP contribution in [-0.2, 0) is 12.1 Å². The Hall–Kier alpha value is -2.98. The largest absolute Gasteiger partial charge is 0.381 e. The summed E-state index contributed by atoms with van der Waals surface area (Å²) in [6.07, 6.45) is 7.87. The summed E-state index contributed by atoms with van der Waals surface area (Å²) in [5.41, 5.74) is -1.65. The van der Waals surface area contributed by atoms with Gasteiger partial charge in [-0.2, -0.15) is 5.10 Å². The van der Waals surface area contributed by atoms with Gasteiger partial charge in [0.15, 0.2) is 0 Å². The van der Waals surface area contributed by atoms with Gasteiger partial charge in [-0.1, -0.05) is 6.07 Å². The molecule has 2 atom stereocenters. The van der Waals surface area contributed by atoms with Gasteiger partial charge in [-0.25, -0.2) is 28.4 Å². The maximum absolute atomic E-state index is 14.7. The first-order valence-electron chi connectivity index (χ1n) is 10.2. The topological polar surface area (TPSA) is 92.0 Å². The Bertz CT molecular complexity index is 981. The number of piperidine rings is 1. The van der Waals surface area contributed by atoms with E-state index in [1.54, 1.807) is 25.4 Å². The molecular formula is C21H25F2N7O. The standard InChI is InChI=1S/C21H25F2N7O/c1-15(28-17-5-9-29(10-6-17)20-25-7-2-8-26-20)21(31,12-30-14-24-13-27-30)18-4-3-16(22)11-19(18)23/h2-4,7-8,11,13-15,17,28,31H,5-6,9-10,12H2,1H3/t15-,21-/m1/s1. The molecule has 1 saturated heterocycles. The molecular weight excluding hydrogens is 404 g/mol. The number of nitrogens with one attached hydrogen (secondary N) is 1. The van der Waals surface area contributed by atoms with E-state index >= 15 is 0 Å². The number of anilines is 1. The van der Waals surface area contributed by atoms with Crippen molar-refractivity contribution in [2.24, 2.45) is 0 Å². The molecule has 0 radical (unpaired) electrons. The van der Waals surface area contributed by atoms with E-state index in [1.807, 2.05) is 0 Å². The molecule has 0 bridgehead atoms. The molecule has 10 heteroatoms. The van der Waals surface area contributed by atoms with Crippen molar-refractivity contribution in [1.82, 2.24) is 30.0 Å². The molecule has 0 amide bonds. The average Bonchev–Trinajstić information content (AvgIpc) is 3.27. The Morgan fingerprint density at radius 2 is 1.97 bits per heavy atom. The van der Waals surface area contributed by atoms with Gasteiger partial charge in [0.05, 0.1) is 6.54 Å². The van der Waals surface area contributed by atoms with E-state index in [0.717, 1.165) is 38.1 Å². The molecule has 2 aromatic heterocycles. The van der Waals surface area contributed by atoms with Crippen molar-refractivity contribution in [3.05, 3.63) is 66.5 Å². The fourth-order valence-corrected chi connectivity index (χ4v) is 4.05. The van der Waals surface area contributed by atoms with E-state index in [2.05, 4.69) is 30.3 Å². The highest BCUT2D eigenvalue weighted by molar-refractivity contribution is 5.30. The fraction of sp³-hybridized carbons (Fsp3) is 0.429. The molecule has 0 aliphatic carbocycles. The van der Waals surface area contributed by atoms with Crippen LogP contribution in [0.15, 0.2) is 49.3 Å². The molecule has 1 fully saturated rings. The number of aliphatic hydroxyl groups is 1. The van der Waals surface area contributed by atoms with Gasteiger partial charge in [-0.15, -0.1) is 0 Å². The first-order chi connectivity index (χ1) is 15.0. The van der Waals surface area contributed by atoms with Crippen molar-refractivity contribution in [1.29, 1.82) is 0 Å². The van der Waals surface area contributed by atoms with E-state index < -0.39 is 23.3 Å². The highest BCUT2D eigenvalue weighted by Gasteiger charge is 2.40. The van der Waals surface area contributed by atoms with Gasteiger partial charge in [0.1, 0.15) is 29.9 Å². The summed E-state index contributed by atoms with van der Waals surface area (Å²) in [6.45, 7) is 3.30. The van der Waals surface area contributed by atoms with Gasteiger partial charge in [0.25, 0.3) is 0 Å². The normalized spacial score (nSPS) is 18.0. The zero-order chi connectivity index (χ0) is 21.8. The van der Waals surface area contributed by atoms with Crippen molar-refractivity contribution in [3.8, 4) is 0 Å². The van der Waals surface area contributed by atoms with Gasteiger partial charge in [-0.3, -0.25) is 0 Å². The molecule has 1 aliphatic rings. The molecule has 0 saturated carbocycles. The van der Waals surface area contributed by atoms with Crippen LogP contribution in [0.3, 0.4) is 0 Å². The second-order valence-corrected chi connectivity index (χ2v) is 7.84. The van der Waals surface area contributed by atoms with Crippen LogP contribution in [0.25, 0.3) is 0 Å². The quantitative estimate of drug-likeness (QED) is 0.593. The molecule has 2 N–H and O–H groups in total. The van der Waals surface area contributed by atoms with Crippen LogP contribution < -0.4 is 10.2 Å². The molecule has 8 nitrogen and oxygen atoms in total. The van der Waals surface area contributed by atoms with Crippen LogP contribution >= 0.6 is 0 Å². The summed E-state index contributed by atoms with van der Waals surface area (Å²) in [7, 11) is 0. The lowest BCUT2D eigenvalue weighted by molar-refractivity contribution is -0.0242. The molecule has 1 aromatic carbocycles. The van der Waals surface area contributed by atoms with Crippen molar-refractivity contribution < 1.29 is 13.9 Å². The van der Waals surface area contributed by atoms with Crippen LogP contribution in [0, 0.1) is 11.6 Å². The Labute approximate surface area is 179 Å². The Balaban J connectivity index is 1.49. The zero-order valence-corrected chi connectivity index (χ0v) is 17.2. The molecule has 3 heterocycles. The number of nitrogens with zero attached hydrogens (tertiary/aromatic N) is 6. The van der Waals surface area contributed by atoms with Crippen molar-refractivity contribution in [2.75, 3.05) is 18.0 Å². The van der Waals surface area contributed by atoms with Crippen molar-refractivity contribution in [3.63, 3.8) is 0 Å². The first kappa shape index (κ1) is 21.3. The van der Waals surface area contributed by atoms with Crippen LogP contribution in [0.4, 0.5) is 14.7 Å². The van der Waals surface area contributed by atoms with E-state index in [4.69, 9.17) is 0 Å². The highest BCUT2D eigenvalue weighted by atomic mass is 19.1. The zero-order valence-electron chi connectivity index (χ0n) is 17.2. The summed E-state index contributed by atoms with van der Waals surface area (Å²) in [5, 5.41) is 19.1. The lowest BCUT2D eigenvalue weighted by Crippen LogP contribution is -2.55. The van der Waals surface area contributed by atoms with Gasteiger partial charge in [0.2, 0.25) is 5.95 Å². The average molecular weight is 429 g/mol. The van der Waals surface area contributed by atoms with Crippen LogP contribution in [0.1, 0.15) is 25.3 Å². The predicted molar refractivity (Wildman–Crippen MR) is 110 cm³/mol. The molecule has 31 heavy (non-hydrogen) atoms. The van der Waals surface area contributed by atoms with E-state index in [0.29, 0.717) is 5.95 Å². The number of halogens is 2. The molecule has 3 aromatic rings. The van der Waals surface area contributed by atoms with Gasteiger partial charge in [-0.05, 0) is 31.9 Å². The number of benzene rings is 1. The summed E-state index contributed by atoms with van der Waals surface area (Å²) in [5.74, 6) is -0.794. The van der Waals surface area contributed by atoms with Crippen LogP contribution in [-0.4, -0.2) is 55.0 Å². The molecule has 1 aliphatic heterocycles. The second-order valence-electron chi connectivity index (χ2n) is 7.84. The lowest BCUT2D eigenvalue weighted by atomic mass is 9.85. The minimum Gasteiger partial charge on any atom is -0.381 e. The number of hydrogen-bond donors (Lipinski definition) is 2. The van der Waals surface area contributed by atoms with Gasteiger partial charge >= 0.3 is 0 Å². The Kier molecular flexibility index (Phi) is 6.19. The molecule has 0 unspecified atom stereocenters. The third-order valence-electron chi connectivity index (χ3n) is 5.80. The number of aromatic nitrogens is 5. The molecule has 4 rings (SSSR count). The third-order valence-corrected chi connectivity index (χ3v) is 5.80. The summed E-state index contributed by atoms with van der Waals surface area (Å²) < 4.78 is 29.6. The SMILES string of the molecule is C[C@@H](NC1CCN(c2ncccn2)CC1)[C@](O)(Cn1cncn1)c1ccc(F)cc1F. The summed E-state index contributed by atoms with van der Waals surface area (Å²) >= 11 is 0. The van der Waals surface area contributed by atoms with E-state index in [1.165, 1.54) is 23.4 Å².